The lowest BCUT2D eigenvalue weighted by atomic mass is 9.92. The molecule has 2 aromatic heterocycles. The number of aromatic nitrogens is 4. The van der Waals surface area contributed by atoms with Crippen LogP contribution in [0.15, 0.2) is 30.5 Å². The van der Waals surface area contributed by atoms with E-state index in [2.05, 4.69) is 26.7 Å². The highest BCUT2D eigenvalue weighted by Crippen LogP contribution is 2.38. The number of halogens is 2. The van der Waals surface area contributed by atoms with Crippen LogP contribution < -0.4 is 16.0 Å². The second kappa shape index (κ2) is 11.4. The number of nitrogens with two attached hydrogens (primary N) is 1. The minimum atomic E-state index is 0. The molecule has 2 aliphatic carbocycles. The zero-order valence-corrected chi connectivity index (χ0v) is 21.2. The van der Waals surface area contributed by atoms with Crippen LogP contribution in [0, 0.1) is 0 Å². The normalized spacial score (nSPS) is 20.5. The number of benzene rings is 1. The van der Waals surface area contributed by atoms with Gasteiger partial charge in [-0.05, 0) is 69.7 Å². The Balaban J connectivity index is 0.00000162. The van der Waals surface area contributed by atoms with Gasteiger partial charge in [0.25, 0.3) is 0 Å². The molecule has 0 atom stereocenters. The predicted molar refractivity (Wildman–Crippen MR) is 142 cm³/mol. The van der Waals surface area contributed by atoms with Crippen LogP contribution in [-0.4, -0.2) is 43.3 Å². The summed E-state index contributed by atoms with van der Waals surface area (Å²) in [5.74, 6) is 1.84. The molecule has 1 aromatic carbocycles. The summed E-state index contributed by atoms with van der Waals surface area (Å²) in [5.41, 5.74) is 8.79. The fourth-order valence-electron chi connectivity index (χ4n) is 5.16. The molecule has 3 aromatic rings. The van der Waals surface area contributed by atoms with Crippen molar-refractivity contribution in [1.82, 2.24) is 19.5 Å². The number of hydrogen-bond donors (Lipinski definition) is 3. The van der Waals surface area contributed by atoms with Gasteiger partial charge in [-0.15, -0.1) is 24.8 Å². The molecular formula is C24H35Cl2N7O. The average molecular weight is 508 g/mol. The molecule has 4 N–H and O–H groups in total. The van der Waals surface area contributed by atoms with Crippen molar-refractivity contribution >= 4 is 53.6 Å². The second-order valence-corrected chi connectivity index (χ2v) is 9.14. The van der Waals surface area contributed by atoms with Gasteiger partial charge in [-0.2, -0.15) is 4.98 Å². The van der Waals surface area contributed by atoms with E-state index >= 15 is 0 Å². The summed E-state index contributed by atoms with van der Waals surface area (Å²) in [7, 11) is 0. The van der Waals surface area contributed by atoms with Crippen LogP contribution in [0.5, 0.6) is 5.75 Å². The first-order valence-corrected chi connectivity index (χ1v) is 12.0. The Labute approximate surface area is 213 Å². The van der Waals surface area contributed by atoms with Crippen molar-refractivity contribution in [2.75, 3.05) is 16.8 Å². The number of nitrogens with one attached hydrogen (secondary N) is 1. The number of fused-ring (bicyclic) bond motifs is 1. The van der Waals surface area contributed by atoms with E-state index in [1.165, 1.54) is 12.8 Å². The second-order valence-electron chi connectivity index (χ2n) is 9.14. The van der Waals surface area contributed by atoms with Crippen LogP contribution in [-0.2, 0) is 0 Å². The number of anilines is 3. The molecule has 0 unspecified atom stereocenters. The zero-order chi connectivity index (χ0) is 22.1. The van der Waals surface area contributed by atoms with Crippen LogP contribution in [0.2, 0.25) is 0 Å². The molecule has 0 bridgehead atoms. The number of aromatic hydroxyl groups is 1. The SMILES string of the molecule is CCN(c1ccc(O)cc1)c1nc2cnc(N[C@H]3CC[C@H](N)CC3)nc2n1C1CCCC1.Cl.Cl. The molecule has 0 spiro atoms. The van der Waals surface area contributed by atoms with E-state index in [0.717, 1.165) is 67.9 Å². The standard InChI is InChI=1S/C24H33N7O.2ClH/c1-2-30(18-11-13-20(32)14-12-18)24-28-21-15-26-23(27-17-9-7-16(25)8-10-17)29-22(21)31(24)19-5-3-4-6-19;;/h11-17,19,32H,2-10,25H2,1H3,(H,26,27,29);2*1H/t16-,17-;;. The third kappa shape index (κ3) is 5.34. The van der Waals surface area contributed by atoms with Gasteiger partial charge >= 0.3 is 0 Å². The lowest BCUT2D eigenvalue weighted by Crippen LogP contribution is -2.33. The Morgan fingerprint density at radius 3 is 2.35 bits per heavy atom. The summed E-state index contributed by atoms with van der Waals surface area (Å²) >= 11 is 0. The van der Waals surface area contributed by atoms with Crippen LogP contribution in [0.4, 0.5) is 17.6 Å². The number of imidazole rings is 1. The van der Waals surface area contributed by atoms with Gasteiger partial charge in [0.15, 0.2) is 5.65 Å². The van der Waals surface area contributed by atoms with Crippen molar-refractivity contribution in [3.8, 4) is 5.75 Å². The maximum Gasteiger partial charge on any atom is 0.224 e. The first-order chi connectivity index (χ1) is 15.6. The zero-order valence-electron chi connectivity index (χ0n) is 19.6. The summed E-state index contributed by atoms with van der Waals surface area (Å²) in [6, 6.07) is 8.39. The number of hydrogen-bond acceptors (Lipinski definition) is 7. The Morgan fingerprint density at radius 1 is 1.03 bits per heavy atom. The highest BCUT2D eigenvalue weighted by Gasteiger charge is 2.27. The molecule has 34 heavy (non-hydrogen) atoms. The van der Waals surface area contributed by atoms with E-state index in [1.807, 2.05) is 18.3 Å². The third-order valence-electron chi connectivity index (χ3n) is 6.93. The summed E-state index contributed by atoms with van der Waals surface area (Å²) in [4.78, 5) is 16.7. The minimum absolute atomic E-state index is 0. The summed E-state index contributed by atoms with van der Waals surface area (Å²) in [5, 5.41) is 13.3. The topological polar surface area (TPSA) is 105 Å². The summed E-state index contributed by atoms with van der Waals surface area (Å²) in [6.45, 7) is 2.89. The van der Waals surface area contributed by atoms with E-state index in [4.69, 9.17) is 15.7 Å². The lowest BCUT2D eigenvalue weighted by molar-refractivity contribution is 0.410. The minimum Gasteiger partial charge on any atom is -0.508 e. The molecule has 5 rings (SSSR count). The first-order valence-electron chi connectivity index (χ1n) is 12.0. The van der Waals surface area contributed by atoms with Gasteiger partial charge in [0, 0.05) is 30.4 Å². The fraction of sp³-hybridized carbons (Fsp3) is 0.542. The smallest absolute Gasteiger partial charge is 0.224 e. The van der Waals surface area contributed by atoms with Crippen LogP contribution in [0.3, 0.4) is 0 Å². The third-order valence-corrected chi connectivity index (χ3v) is 6.93. The lowest BCUT2D eigenvalue weighted by Gasteiger charge is -2.27. The van der Waals surface area contributed by atoms with Crippen molar-refractivity contribution < 1.29 is 5.11 Å². The maximum absolute atomic E-state index is 9.73. The van der Waals surface area contributed by atoms with Crippen molar-refractivity contribution in [3.63, 3.8) is 0 Å². The van der Waals surface area contributed by atoms with Gasteiger partial charge in [-0.3, -0.25) is 4.57 Å². The molecule has 2 fully saturated rings. The molecular weight excluding hydrogens is 473 g/mol. The maximum atomic E-state index is 9.73. The van der Waals surface area contributed by atoms with Gasteiger partial charge < -0.3 is 21.1 Å². The Bertz CT molecular complexity index is 1060. The molecule has 10 heteroatoms. The number of rotatable bonds is 6. The molecule has 2 saturated carbocycles. The van der Waals surface area contributed by atoms with E-state index in [-0.39, 0.29) is 30.6 Å². The van der Waals surface area contributed by atoms with Crippen molar-refractivity contribution in [1.29, 1.82) is 0 Å². The highest BCUT2D eigenvalue weighted by atomic mass is 35.5. The predicted octanol–water partition coefficient (Wildman–Crippen LogP) is 5.33. The Kier molecular flexibility index (Phi) is 8.84. The first kappa shape index (κ1) is 26.3. The largest absolute Gasteiger partial charge is 0.508 e. The van der Waals surface area contributed by atoms with Crippen molar-refractivity contribution in [2.24, 2.45) is 5.73 Å². The van der Waals surface area contributed by atoms with Crippen LogP contribution in [0.25, 0.3) is 11.2 Å². The number of nitrogens with zero attached hydrogens (tertiary/aromatic N) is 5. The van der Waals surface area contributed by atoms with Gasteiger partial charge in [-0.1, -0.05) is 12.8 Å². The fourth-order valence-corrected chi connectivity index (χ4v) is 5.16. The average Bonchev–Trinajstić information content (AvgIpc) is 3.45. The van der Waals surface area contributed by atoms with Crippen molar-refractivity contribution in [3.05, 3.63) is 30.5 Å². The number of phenols is 1. The van der Waals surface area contributed by atoms with Crippen LogP contribution >= 0.6 is 24.8 Å². The molecule has 0 radical (unpaired) electrons. The van der Waals surface area contributed by atoms with Gasteiger partial charge in [0.05, 0.1) is 6.20 Å². The Hall–Kier alpha value is -2.29. The summed E-state index contributed by atoms with van der Waals surface area (Å²) < 4.78 is 2.32. The molecule has 186 valence electrons. The highest BCUT2D eigenvalue weighted by molar-refractivity contribution is 5.85. The molecule has 0 aliphatic heterocycles. The molecule has 2 aliphatic rings. The molecule has 0 saturated heterocycles. The van der Waals surface area contributed by atoms with E-state index in [1.54, 1.807) is 12.1 Å². The van der Waals surface area contributed by atoms with E-state index < -0.39 is 0 Å². The summed E-state index contributed by atoms with van der Waals surface area (Å²) in [6.07, 6.45) is 10.8. The van der Waals surface area contributed by atoms with Crippen LogP contribution in [0.1, 0.15) is 64.3 Å². The van der Waals surface area contributed by atoms with E-state index in [9.17, 15) is 5.11 Å². The molecule has 8 nitrogen and oxygen atoms in total. The quantitative estimate of drug-likeness (QED) is 0.413. The molecule has 0 amide bonds. The van der Waals surface area contributed by atoms with E-state index in [0.29, 0.717) is 24.1 Å². The number of phenolic OH excluding ortho intramolecular Hbond substituents is 1. The van der Waals surface area contributed by atoms with Crippen molar-refractivity contribution in [2.45, 2.75) is 76.4 Å². The Morgan fingerprint density at radius 2 is 1.71 bits per heavy atom. The van der Waals surface area contributed by atoms with Gasteiger partial charge in [0.1, 0.15) is 11.3 Å². The van der Waals surface area contributed by atoms with Gasteiger partial charge in [-0.25, -0.2) is 9.97 Å². The molecule has 2 heterocycles. The monoisotopic (exact) mass is 507 g/mol. The van der Waals surface area contributed by atoms with Gasteiger partial charge in [0.2, 0.25) is 11.9 Å².